The van der Waals surface area contributed by atoms with Crippen molar-refractivity contribution in [1.82, 2.24) is 0 Å². The topological polar surface area (TPSA) is 98.5 Å². The molecule has 1 atom stereocenters. The number of hydrogen-bond donors (Lipinski definition) is 1. The fourth-order valence-electron chi connectivity index (χ4n) is 1.81. The number of esters is 1. The molecule has 0 bridgehead atoms. The smallest absolute Gasteiger partial charge is 0.338 e. The van der Waals surface area contributed by atoms with E-state index in [0.29, 0.717) is 10.7 Å². The van der Waals surface area contributed by atoms with Gasteiger partial charge in [-0.25, -0.2) is 4.79 Å². The fraction of sp³-hybridized carbons (Fsp3) is 0.125. The number of nitrogens with one attached hydrogen (secondary N) is 1. The first-order valence-electron chi connectivity index (χ1n) is 6.88. The number of anilines is 1. The van der Waals surface area contributed by atoms with Gasteiger partial charge < -0.3 is 10.1 Å². The van der Waals surface area contributed by atoms with Crippen LogP contribution in [-0.4, -0.2) is 22.9 Å². The molecule has 0 aliphatic heterocycles. The molecule has 0 saturated heterocycles. The number of hydrogen-bond acceptors (Lipinski definition) is 5. The first kappa shape index (κ1) is 17.4. The molecule has 2 aromatic carbocycles. The van der Waals surface area contributed by atoms with Crippen molar-refractivity contribution in [2.24, 2.45) is 0 Å². The molecular formula is C16H13ClN2O5. The van der Waals surface area contributed by atoms with E-state index in [1.165, 1.54) is 31.2 Å². The van der Waals surface area contributed by atoms with Crippen LogP contribution >= 0.6 is 11.6 Å². The van der Waals surface area contributed by atoms with Gasteiger partial charge in [0.05, 0.1) is 10.5 Å². The Morgan fingerprint density at radius 2 is 1.88 bits per heavy atom. The van der Waals surface area contributed by atoms with Crippen molar-refractivity contribution in [1.29, 1.82) is 0 Å². The third-order valence-corrected chi connectivity index (χ3v) is 3.29. The summed E-state index contributed by atoms with van der Waals surface area (Å²) in [5.74, 6) is -1.27. The molecule has 0 spiro atoms. The minimum atomic E-state index is -1.05. The molecule has 124 valence electrons. The number of carbonyl (C=O) groups excluding carboxylic acids is 2. The minimum absolute atomic E-state index is 0.114. The Morgan fingerprint density at radius 3 is 2.46 bits per heavy atom. The Labute approximate surface area is 142 Å². The number of rotatable bonds is 5. The van der Waals surface area contributed by atoms with Crippen molar-refractivity contribution in [2.75, 3.05) is 5.32 Å². The average Bonchev–Trinajstić information content (AvgIpc) is 2.54. The summed E-state index contributed by atoms with van der Waals surface area (Å²) >= 11 is 5.82. The van der Waals surface area contributed by atoms with Crippen LogP contribution in [0.15, 0.2) is 48.5 Å². The summed E-state index contributed by atoms with van der Waals surface area (Å²) in [5, 5.41) is 13.6. The number of nitro benzene ring substituents is 1. The lowest BCUT2D eigenvalue weighted by molar-refractivity contribution is -0.384. The third-order valence-electron chi connectivity index (χ3n) is 3.06. The zero-order chi connectivity index (χ0) is 17.7. The second kappa shape index (κ2) is 7.56. The molecule has 24 heavy (non-hydrogen) atoms. The van der Waals surface area contributed by atoms with Crippen molar-refractivity contribution in [3.63, 3.8) is 0 Å². The molecule has 1 amide bonds. The molecule has 8 heteroatoms. The average molecular weight is 349 g/mol. The number of halogens is 1. The Balaban J connectivity index is 1.97. The van der Waals surface area contributed by atoms with Gasteiger partial charge in [-0.2, -0.15) is 0 Å². The van der Waals surface area contributed by atoms with Crippen LogP contribution in [0.4, 0.5) is 11.4 Å². The van der Waals surface area contributed by atoms with E-state index in [4.69, 9.17) is 16.3 Å². The molecule has 0 aromatic heterocycles. The number of benzene rings is 2. The maximum absolute atomic E-state index is 12.0. The number of ether oxygens (including phenoxy) is 1. The van der Waals surface area contributed by atoms with Crippen LogP contribution in [-0.2, 0) is 9.53 Å². The molecule has 0 aliphatic carbocycles. The van der Waals surface area contributed by atoms with E-state index in [1.54, 1.807) is 24.3 Å². The van der Waals surface area contributed by atoms with Crippen LogP contribution in [0.1, 0.15) is 17.3 Å². The van der Waals surface area contributed by atoms with E-state index >= 15 is 0 Å². The minimum Gasteiger partial charge on any atom is -0.449 e. The summed E-state index contributed by atoms with van der Waals surface area (Å²) in [6.07, 6.45) is -1.05. The van der Waals surface area contributed by atoms with Gasteiger partial charge in [0.1, 0.15) is 0 Å². The SMILES string of the molecule is C[C@@H](OC(=O)c1ccc([N+](=O)[O-])cc1)C(=O)Nc1cccc(Cl)c1. The highest BCUT2D eigenvalue weighted by Gasteiger charge is 2.19. The second-order valence-corrected chi connectivity index (χ2v) is 5.29. The first-order chi connectivity index (χ1) is 11.4. The van der Waals surface area contributed by atoms with Crippen molar-refractivity contribution in [3.05, 3.63) is 69.2 Å². The van der Waals surface area contributed by atoms with Gasteiger partial charge in [0.15, 0.2) is 6.10 Å². The Hall–Kier alpha value is -2.93. The van der Waals surface area contributed by atoms with Crippen LogP contribution in [0.2, 0.25) is 5.02 Å². The highest BCUT2D eigenvalue weighted by molar-refractivity contribution is 6.30. The summed E-state index contributed by atoms with van der Waals surface area (Å²) in [6.45, 7) is 1.42. The van der Waals surface area contributed by atoms with Crippen molar-refractivity contribution >= 4 is 34.9 Å². The van der Waals surface area contributed by atoms with Gasteiger partial charge in [-0.3, -0.25) is 14.9 Å². The molecule has 0 aliphatic rings. The van der Waals surface area contributed by atoms with Crippen LogP contribution in [0, 0.1) is 10.1 Å². The van der Waals surface area contributed by atoms with E-state index in [0.717, 1.165) is 0 Å². The number of nitro groups is 1. The summed E-state index contributed by atoms with van der Waals surface area (Å²) in [5.41, 5.74) is 0.451. The van der Waals surface area contributed by atoms with Crippen molar-refractivity contribution in [3.8, 4) is 0 Å². The zero-order valence-electron chi connectivity index (χ0n) is 12.6. The monoisotopic (exact) mass is 348 g/mol. The van der Waals surface area contributed by atoms with Crippen LogP contribution in [0.5, 0.6) is 0 Å². The van der Waals surface area contributed by atoms with Crippen LogP contribution in [0.25, 0.3) is 0 Å². The summed E-state index contributed by atoms with van der Waals surface area (Å²) in [4.78, 5) is 34.0. The van der Waals surface area contributed by atoms with Crippen LogP contribution < -0.4 is 5.32 Å². The molecule has 1 N–H and O–H groups in total. The van der Waals surface area contributed by atoms with Gasteiger partial charge in [-0.15, -0.1) is 0 Å². The summed E-state index contributed by atoms with van der Waals surface area (Å²) < 4.78 is 5.05. The Bertz CT molecular complexity index is 776. The molecular weight excluding hydrogens is 336 g/mol. The summed E-state index contributed by atoms with van der Waals surface area (Å²) in [7, 11) is 0. The lowest BCUT2D eigenvalue weighted by atomic mass is 10.2. The number of carbonyl (C=O) groups is 2. The molecule has 0 unspecified atom stereocenters. The van der Waals surface area contributed by atoms with Gasteiger partial charge in [-0.05, 0) is 37.3 Å². The Kier molecular flexibility index (Phi) is 5.49. The van der Waals surface area contributed by atoms with Crippen molar-refractivity contribution in [2.45, 2.75) is 13.0 Å². The van der Waals surface area contributed by atoms with Gasteiger partial charge in [-0.1, -0.05) is 17.7 Å². The van der Waals surface area contributed by atoms with Gasteiger partial charge in [0.25, 0.3) is 11.6 Å². The third kappa shape index (κ3) is 4.53. The highest BCUT2D eigenvalue weighted by atomic mass is 35.5. The standard InChI is InChI=1S/C16H13ClN2O5/c1-10(15(20)18-13-4-2-3-12(17)9-13)24-16(21)11-5-7-14(8-6-11)19(22)23/h2-10H,1H3,(H,18,20)/t10-/m1/s1. The Morgan fingerprint density at radius 1 is 1.21 bits per heavy atom. The number of non-ortho nitro benzene ring substituents is 1. The maximum atomic E-state index is 12.0. The fourth-order valence-corrected chi connectivity index (χ4v) is 2.00. The molecule has 2 aromatic rings. The number of nitrogens with zero attached hydrogens (tertiary/aromatic N) is 1. The van der Waals surface area contributed by atoms with E-state index in [1.807, 2.05) is 0 Å². The maximum Gasteiger partial charge on any atom is 0.338 e. The largest absolute Gasteiger partial charge is 0.449 e. The molecule has 7 nitrogen and oxygen atoms in total. The molecule has 0 heterocycles. The lowest BCUT2D eigenvalue weighted by Gasteiger charge is -2.13. The van der Waals surface area contributed by atoms with E-state index < -0.39 is 22.9 Å². The summed E-state index contributed by atoms with van der Waals surface area (Å²) in [6, 6.07) is 11.4. The first-order valence-corrected chi connectivity index (χ1v) is 7.26. The molecule has 0 saturated carbocycles. The van der Waals surface area contributed by atoms with E-state index in [9.17, 15) is 19.7 Å². The normalized spacial score (nSPS) is 11.4. The predicted octanol–water partition coefficient (Wildman–Crippen LogP) is 3.43. The lowest BCUT2D eigenvalue weighted by Crippen LogP contribution is -2.30. The molecule has 2 rings (SSSR count). The van der Waals surface area contributed by atoms with Gasteiger partial charge in [0.2, 0.25) is 0 Å². The van der Waals surface area contributed by atoms with E-state index in [2.05, 4.69) is 5.32 Å². The number of amides is 1. The van der Waals surface area contributed by atoms with E-state index in [-0.39, 0.29) is 11.3 Å². The predicted molar refractivity (Wildman–Crippen MR) is 88.1 cm³/mol. The molecule has 0 fully saturated rings. The molecule has 0 radical (unpaired) electrons. The second-order valence-electron chi connectivity index (χ2n) is 4.85. The zero-order valence-corrected chi connectivity index (χ0v) is 13.3. The van der Waals surface area contributed by atoms with Gasteiger partial charge >= 0.3 is 5.97 Å². The quantitative estimate of drug-likeness (QED) is 0.507. The van der Waals surface area contributed by atoms with Crippen molar-refractivity contribution < 1.29 is 19.2 Å². The van der Waals surface area contributed by atoms with Crippen LogP contribution in [0.3, 0.4) is 0 Å². The van der Waals surface area contributed by atoms with Gasteiger partial charge in [0, 0.05) is 22.8 Å². The highest BCUT2D eigenvalue weighted by Crippen LogP contribution is 2.16.